The van der Waals surface area contributed by atoms with Crippen molar-refractivity contribution in [2.45, 2.75) is 20.0 Å². The molecule has 0 saturated carbocycles. The number of hydrogen-bond acceptors (Lipinski definition) is 6. The Labute approximate surface area is 156 Å². The Morgan fingerprint density at radius 1 is 1.15 bits per heavy atom. The van der Waals surface area contributed by atoms with Crippen LogP contribution in [-0.4, -0.2) is 18.1 Å². The van der Waals surface area contributed by atoms with Crippen LogP contribution >= 0.6 is 11.3 Å². The number of methoxy groups -OCH3 is 1. The van der Waals surface area contributed by atoms with Crippen molar-refractivity contribution >= 4 is 28.1 Å². The quantitative estimate of drug-likeness (QED) is 0.623. The van der Waals surface area contributed by atoms with Gasteiger partial charge in [-0.1, -0.05) is 35.9 Å². The number of thiazole rings is 1. The molecule has 134 valence electrons. The number of benzene rings is 2. The molecule has 26 heavy (non-hydrogen) atoms. The zero-order chi connectivity index (χ0) is 18.4. The van der Waals surface area contributed by atoms with Crippen molar-refractivity contribution in [3.8, 4) is 5.75 Å². The number of rotatable bonds is 7. The summed E-state index contributed by atoms with van der Waals surface area (Å²) in [4.78, 5) is 16.5. The standard InChI is InChI=1S/C20H20N2O3S/c1-14-7-9-16(10-8-14)21-20-22-17(13-26-20)12-25-19(23)11-15-5-3-4-6-18(15)24-2/h3-10,13H,11-12H2,1-2H3,(H,21,22). The predicted molar refractivity (Wildman–Crippen MR) is 103 cm³/mol. The van der Waals surface area contributed by atoms with E-state index in [1.165, 1.54) is 16.9 Å². The third kappa shape index (κ3) is 4.83. The molecule has 1 heterocycles. The van der Waals surface area contributed by atoms with Gasteiger partial charge in [0.25, 0.3) is 0 Å². The second-order valence-electron chi connectivity index (χ2n) is 5.78. The summed E-state index contributed by atoms with van der Waals surface area (Å²) in [6.07, 6.45) is 0.169. The fourth-order valence-electron chi connectivity index (χ4n) is 2.40. The molecule has 1 N–H and O–H groups in total. The van der Waals surface area contributed by atoms with E-state index in [1.807, 2.05) is 60.8 Å². The lowest BCUT2D eigenvalue weighted by molar-refractivity contribution is -0.144. The van der Waals surface area contributed by atoms with Gasteiger partial charge in [0.1, 0.15) is 12.4 Å². The average molecular weight is 368 g/mol. The molecule has 3 rings (SSSR count). The van der Waals surface area contributed by atoms with Crippen molar-refractivity contribution in [3.05, 3.63) is 70.7 Å². The Bertz CT molecular complexity index is 875. The van der Waals surface area contributed by atoms with Crippen LogP contribution in [-0.2, 0) is 22.6 Å². The molecule has 0 fully saturated rings. The van der Waals surface area contributed by atoms with Gasteiger partial charge in [0.05, 0.1) is 19.2 Å². The summed E-state index contributed by atoms with van der Waals surface area (Å²) in [5, 5.41) is 5.89. The van der Waals surface area contributed by atoms with Crippen LogP contribution < -0.4 is 10.1 Å². The largest absolute Gasteiger partial charge is 0.496 e. The molecule has 1 aromatic heterocycles. The Balaban J connectivity index is 1.52. The molecule has 0 spiro atoms. The second-order valence-corrected chi connectivity index (χ2v) is 6.64. The Kier molecular flexibility index (Phi) is 5.86. The van der Waals surface area contributed by atoms with Gasteiger partial charge in [-0.05, 0) is 25.1 Å². The SMILES string of the molecule is COc1ccccc1CC(=O)OCc1csc(Nc2ccc(C)cc2)n1. The van der Waals surface area contributed by atoms with Crippen LogP contribution in [0, 0.1) is 6.92 Å². The highest BCUT2D eigenvalue weighted by atomic mass is 32.1. The van der Waals surface area contributed by atoms with E-state index in [-0.39, 0.29) is 19.0 Å². The minimum absolute atomic E-state index is 0.153. The smallest absolute Gasteiger partial charge is 0.310 e. The van der Waals surface area contributed by atoms with Gasteiger partial charge >= 0.3 is 5.97 Å². The van der Waals surface area contributed by atoms with Crippen molar-refractivity contribution in [2.24, 2.45) is 0 Å². The number of nitrogens with zero attached hydrogens (tertiary/aromatic N) is 1. The zero-order valence-corrected chi connectivity index (χ0v) is 15.5. The molecule has 0 bridgehead atoms. The maximum atomic E-state index is 12.1. The van der Waals surface area contributed by atoms with Gasteiger partial charge in [-0.15, -0.1) is 11.3 Å². The summed E-state index contributed by atoms with van der Waals surface area (Å²) >= 11 is 1.48. The molecule has 6 heteroatoms. The molecule has 0 aliphatic carbocycles. The highest BCUT2D eigenvalue weighted by molar-refractivity contribution is 7.13. The molecular weight excluding hydrogens is 348 g/mol. The molecule has 0 amide bonds. The topological polar surface area (TPSA) is 60.5 Å². The van der Waals surface area contributed by atoms with E-state index in [1.54, 1.807) is 7.11 Å². The van der Waals surface area contributed by atoms with Crippen LogP contribution in [0.2, 0.25) is 0 Å². The molecule has 5 nitrogen and oxygen atoms in total. The molecule has 0 saturated heterocycles. The number of hydrogen-bond donors (Lipinski definition) is 1. The van der Waals surface area contributed by atoms with Gasteiger partial charge in [-0.25, -0.2) is 4.98 Å². The molecule has 0 unspecified atom stereocenters. The number of para-hydroxylation sites is 1. The van der Waals surface area contributed by atoms with E-state index in [4.69, 9.17) is 9.47 Å². The number of carbonyl (C=O) groups excluding carboxylic acids is 1. The molecule has 2 aromatic carbocycles. The van der Waals surface area contributed by atoms with Crippen LogP contribution in [0.25, 0.3) is 0 Å². The lowest BCUT2D eigenvalue weighted by atomic mass is 10.1. The van der Waals surface area contributed by atoms with Gasteiger partial charge in [0.2, 0.25) is 0 Å². The first kappa shape index (κ1) is 17.9. The lowest BCUT2D eigenvalue weighted by Crippen LogP contribution is -2.09. The third-order valence-electron chi connectivity index (χ3n) is 3.76. The number of nitrogens with one attached hydrogen (secondary N) is 1. The normalized spacial score (nSPS) is 10.4. The summed E-state index contributed by atoms with van der Waals surface area (Å²) in [6.45, 7) is 2.20. The predicted octanol–water partition coefficient (Wildman–Crippen LogP) is 4.49. The maximum Gasteiger partial charge on any atom is 0.310 e. The molecular formula is C20H20N2O3S. The van der Waals surface area contributed by atoms with Gasteiger partial charge < -0.3 is 14.8 Å². The van der Waals surface area contributed by atoms with E-state index in [2.05, 4.69) is 10.3 Å². The molecule has 3 aromatic rings. The number of ether oxygens (including phenoxy) is 2. The van der Waals surface area contributed by atoms with Crippen molar-refractivity contribution in [1.29, 1.82) is 0 Å². The highest BCUT2D eigenvalue weighted by Crippen LogP contribution is 2.22. The van der Waals surface area contributed by atoms with E-state index >= 15 is 0 Å². The minimum Gasteiger partial charge on any atom is -0.496 e. The second kappa shape index (κ2) is 8.49. The summed E-state index contributed by atoms with van der Waals surface area (Å²) in [6, 6.07) is 15.5. The highest BCUT2D eigenvalue weighted by Gasteiger charge is 2.11. The van der Waals surface area contributed by atoms with Crippen molar-refractivity contribution in [3.63, 3.8) is 0 Å². The van der Waals surface area contributed by atoms with Gasteiger partial charge in [-0.2, -0.15) is 0 Å². The summed E-state index contributed by atoms with van der Waals surface area (Å²) in [5.41, 5.74) is 3.71. The molecule has 0 aliphatic rings. The van der Waals surface area contributed by atoms with E-state index in [0.717, 1.165) is 22.1 Å². The number of aromatic nitrogens is 1. The lowest BCUT2D eigenvalue weighted by Gasteiger charge is -2.07. The van der Waals surface area contributed by atoms with Gasteiger partial charge in [0.15, 0.2) is 5.13 Å². The van der Waals surface area contributed by atoms with Gasteiger partial charge in [0, 0.05) is 16.6 Å². The number of esters is 1. The van der Waals surface area contributed by atoms with E-state index in [9.17, 15) is 4.79 Å². The fourth-order valence-corrected chi connectivity index (χ4v) is 3.12. The first-order chi connectivity index (χ1) is 12.6. The number of aryl methyl sites for hydroxylation is 1. The Morgan fingerprint density at radius 3 is 2.69 bits per heavy atom. The zero-order valence-electron chi connectivity index (χ0n) is 14.7. The average Bonchev–Trinajstić information content (AvgIpc) is 3.10. The Morgan fingerprint density at radius 2 is 1.92 bits per heavy atom. The first-order valence-corrected chi connectivity index (χ1v) is 9.07. The van der Waals surface area contributed by atoms with Crippen LogP contribution in [0.1, 0.15) is 16.8 Å². The molecule has 0 atom stereocenters. The minimum atomic E-state index is -0.310. The monoisotopic (exact) mass is 368 g/mol. The summed E-state index contributed by atoms with van der Waals surface area (Å²) in [7, 11) is 1.59. The van der Waals surface area contributed by atoms with Crippen LogP contribution in [0.4, 0.5) is 10.8 Å². The third-order valence-corrected chi connectivity index (χ3v) is 4.57. The van der Waals surface area contributed by atoms with E-state index < -0.39 is 0 Å². The molecule has 0 aliphatic heterocycles. The van der Waals surface area contributed by atoms with Crippen LogP contribution in [0.5, 0.6) is 5.75 Å². The van der Waals surface area contributed by atoms with Gasteiger partial charge in [-0.3, -0.25) is 4.79 Å². The van der Waals surface area contributed by atoms with Crippen LogP contribution in [0.15, 0.2) is 53.9 Å². The fraction of sp³-hybridized carbons (Fsp3) is 0.200. The molecule has 0 radical (unpaired) electrons. The van der Waals surface area contributed by atoms with Crippen molar-refractivity contribution in [1.82, 2.24) is 4.98 Å². The van der Waals surface area contributed by atoms with Crippen molar-refractivity contribution in [2.75, 3.05) is 12.4 Å². The Hall–Kier alpha value is -2.86. The first-order valence-electron chi connectivity index (χ1n) is 8.19. The number of anilines is 2. The summed E-state index contributed by atoms with van der Waals surface area (Å²) < 4.78 is 10.6. The van der Waals surface area contributed by atoms with E-state index in [0.29, 0.717) is 5.75 Å². The summed E-state index contributed by atoms with van der Waals surface area (Å²) in [5.74, 6) is 0.373. The van der Waals surface area contributed by atoms with Crippen molar-refractivity contribution < 1.29 is 14.3 Å². The maximum absolute atomic E-state index is 12.1. The number of carbonyl (C=O) groups is 1. The van der Waals surface area contributed by atoms with Crippen LogP contribution in [0.3, 0.4) is 0 Å².